The Morgan fingerprint density at radius 2 is 0.765 bits per heavy atom. The zero-order chi connectivity index (χ0) is 35.0. The van der Waals surface area contributed by atoms with Gasteiger partial charge >= 0.3 is 0 Å². The van der Waals surface area contributed by atoms with Crippen LogP contribution in [0.3, 0.4) is 0 Å². The standard InChI is InChI=1S/C48H41N3/c1-30-26-32(3)45(33(4)27-30)51(46-34(5)28-31(2)29-35(46)6)38-22-20-37(21-23-38)50-44-19-13-11-17-40(44)42-25-24-41-39-16-10-12-18-43(39)49(47(41)48(42)50)36-14-8-7-9-15-36/h7-29H,1-6H3. The summed E-state index contributed by atoms with van der Waals surface area (Å²) in [6.07, 6.45) is 0. The van der Waals surface area contributed by atoms with Crippen LogP contribution in [0.1, 0.15) is 33.4 Å². The molecule has 0 aliphatic carbocycles. The maximum atomic E-state index is 2.48. The van der Waals surface area contributed by atoms with Gasteiger partial charge in [-0.1, -0.05) is 102 Å². The molecule has 7 aromatic carbocycles. The van der Waals surface area contributed by atoms with Gasteiger partial charge in [-0.05, 0) is 112 Å². The van der Waals surface area contributed by atoms with Crippen molar-refractivity contribution in [2.45, 2.75) is 41.5 Å². The zero-order valence-corrected chi connectivity index (χ0v) is 30.1. The quantitative estimate of drug-likeness (QED) is 0.179. The molecule has 0 saturated heterocycles. The highest BCUT2D eigenvalue weighted by molar-refractivity contribution is 6.23. The van der Waals surface area contributed by atoms with Gasteiger partial charge in [0.05, 0.1) is 33.4 Å². The van der Waals surface area contributed by atoms with E-state index in [-0.39, 0.29) is 0 Å². The van der Waals surface area contributed by atoms with Gasteiger partial charge in [0, 0.05) is 38.6 Å². The van der Waals surface area contributed by atoms with Crippen LogP contribution in [-0.4, -0.2) is 9.13 Å². The van der Waals surface area contributed by atoms with Crippen molar-refractivity contribution in [3.63, 3.8) is 0 Å². The van der Waals surface area contributed by atoms with Crippen LogP contribution in [0.15, 0.2) is 140 Å². The van der Waals surface area contributed by atoms with Gasteiger partial charge in [-0.25, -0.2) is 0 Å². The van der Waals surface area contributed by atoms with Crippen molar-refractivity contribution in [3.05, 3.63) is 173 Å². The Morgan fingerprint density at radius 3 is 1.22 bits per heavy atom. The Balaban J connectivity index is 1.33. The van der Waals surface area contributed by atoms with Crippen LogP contribution in [0.2, 0.25) is 0 Å². The van der Waals surface area contributed by atoms with E-state index in [1.165, 1.54) is 88.4 Å². The number of aryl methyl sites for hydroxylation is 6. The molecule has 0 amide bonds. The number of nitrogens with zero attached hydrogens (tertiary/aromatic N) is 3. The minimum Gasteiger partial charge on any atom is -0.309 e. The molecule has 0 saturated carbocycles. The normalized spacial score (nSPS) is 11.7. The number of benzene rings is 7. The highest BCUT2D eigenvalue weighted by atomic mass is 15.2. The lowest BCUT2D eigenvalue weighted by Crippen LogP contribution is -2.16. The molecule has 0 aliphatic rings. The molecule has 0 atom stereocenters. The molecule has 0 unspecified atom stereocenters. The molecule has 9 rings (SSSR count). The first-order chi connectivity index (χ1) is 24.8. The molecule has 2 aromatic heterocycles. The van der Waals surface area contributed by atoms with Gasteiger partial charge in [0.25, 0.3) is 0 Å². The van der Waals surface area contributed by atoms with Crippen LogP contribution in [0.4, 0.5) is 17.1 Å². The largest absolute Gasteiger partial charge is 0.309 e. The minimum atomic E-state index is 1.14. The second-order valence-corrected chi connectivity index (χ2v) is 14.2. The van der Waals surface area contributed by atoms with Crippen molar-refractivity contribution in [1.29, 1.82) is 0 Å². The third kappa shape index (κ3) is 4.80. The molecule has 51 heavy (non-hydrogen) atoms. The fourth-order valence-corrected chi connectivity index (χ4v) is 8.79. The van der Waals surface area contributed by atoms with Crippen molar-refractivity contribution in [2.24, 2.45) is 0 Å². The third-order valence-electron chi connectivity index (χ3n) is 10.6. The average molecular weight is 660 g/mol. The van der Waals surface area contributed by atoms with E-state index in [0.717, 1.165) is 17.1 Å². The molecule has 0 bridgehead atoms. The molecule has 2 heterocycles. The third-order valence-corrected chi connectivity index (χ3v) is 10.6. The number of rotatable bonds is 5. The van der Waals surface area contributed by atoms with Gasteiger partial charge in [0.15, 0.2) is 0 Å². The Labute approximate surface area is 299 Å². The summed E-state index contributed by atoms with van der Waals surface area (Å²) in [5.74, 6) is 0. The van der Waals surface area contributed by atoms with Crippen LogP contribution in [0.5, 0.6) is 0 Å². The molecule has 9 aromatic rings. The van der Waals surface area contributed by atoms with Crippen LogP contribution in [-0.2, 0) is 0 Å². The smallest absolute Gasteiger partial charge is 0.0788 e. The van der Waals surface area contributed by atoms with Crippen molar-refractivity contribution < 1.29 is 0 Å². The van der Waals surface area contributed by atoms with Crippen molar-refractivity contribution in [1.82, 2.24) is 9.13 Å². The molecule has 248 valence electrons. The summed E-state index contributed by atoms with van der Waals surface area (Å²) in [5, 5.41) is 5.01. The molecule has 0 spiro atoms. The average Bonchev–Trinajstić information content (AvgIpc) is 3.64. The lowest BCUT2D eigenvalue weighted by atomic mass is 9.99. The van der Waals surface area contributed by atoms with E-state index in [9.17, 15) is 0 Å². The van der Waals surface area contributed by atoms with Crippen molar-refractivity contribution in [2.75, 3.05) is 4.90 Å². The molecular weight excluding hydrogens is 619 g/mol. The monoisotopic (exact) mass is 659 g/mol. The summed E-state index contributed by atoms with van der Waals surface area (Å²) in [7, 11) is 0. The fraction of sp³-hybridized carbons (Fsp3) is 0.125. The lowest BCUT2D eigenvalue weighted by molar-refractivity contribution is 1.14. The first-order valence-electron chi connectivity index (χ1n) is 17.9. The number of aromatic nitrogens is 2. The van der Waals surface area contributed by atoms with Gasteiger partial charge in [-0.2, -0.15) is 0 Å². The predicted molar refractivity (Wildman–Crippen MR) is 218 cm³/mol. The molecule has 0 N–H and O–H groups in total. The summed E-state index contributed by atoms with van der Waals surface area (Å²) >= 11 is 0. The number of anilines is 3. The number of hydrogen-bond donors (Lipinski definition) is 0. The fourth-order valence-electron chi connectivity index (χ4n) is 8.79. The van der Waals surface area contributed by atoms with Crippen LogP contribution in [0, 0.1) is 41.5 Å². The van der Waals surface area contributed by atoms with Crippen molar-refractivity contribution in [3.8, 4) is 11.4 Å². The van der Waals surface area contributed by atoms with E-state index in [2.05, 4.69) is 195 Å². The van der Waals surface area contributed by atoms with Crippen LogP contribution in [0.25, 0.3) is 55.0 Å². The molecule has 0 radical (unpaired) electrons. The predicted octanol–water partition coefficient (Wildman–Crippen LogP) is 13.2. The van der Waals surface area contributed by atoms with Gasteiger partial charge in [-0.3, -0.25) is 0 Å². The molecule has 3 nitrogen and oxygen atoms in total. The van der Waals surface area contributed by atoms with E-state index in [1.807, 2.05) is 0 Å². The maximum Gasteiger partial charge on any atom is 0.0788 e. The number of fused-ring (bicyclic) bond motifs is 7. The number of hydrogen-bond acceptors (Lipinski definition) is 1. The zero-order valence-electron chi connectivity index (χ0n) is 30.1. The molecule has 0 aliphatic heterocycles. The van der Waals surface area contributed by atoms with Gasteiger partial charge in [0.2, 0.25) is 0 Å². The highest BCUT2D eigenvalue weighted by Gasteiger charge is 2.23. The van der Waals surface area contributed by atoms with Crippen LogP contribution >= 0.6 is 0 Å². The first-order valence-corrected chi connectivity index (χ1v) is 17.9. The lowest BCUT2D eigenvalue weighted by Gasteiger charge is -2.32. The van der Waals surface area contributed by atoms with Gasteiger partial charge in [0.1, 0.15) is 0 Å². The van der Waals surface area contributed by atoms with Crippen LogP contribution < -0.4 is 4.90 Å². The van der Waals surface area contributed by atoms with Crippen molar-refractivity contribution >= 4 is 60.7 Å². The topological polar surface area (TPSA) is 13.1 Å². The van der Waals surface area contributed by atoms with E-state index < -0.39 is 0 Å². The van der Waals surface area contributed by atoms with E-state index >= 15 is 0 Å². The minimum absolute atomic E-state index is 1.14. The Morgan fingerprint density at radius 1 is 0.373 bits per heavy atom. The Hall–Kier alpha value is -6.06. The highest BCUT2D eigenvalue weighted by Crippen LogP contribution is 2.45. The SMILES string of the molecule is Cc1cc(C)c(N(c2ccc(-n3c4ccccc4c4ccc5c6ccccc6n(-c6ccccc6)c5c43)cc2)c2c(C)cc(C)cc2C)c(C)c1. The maximum absolute atomic E-state index is 2.48. The Kier molecular flexibility index (Phi) is 7.15. The summed E-state index contributed by atoms with van der Waals surface area (Å²) in [4.78, 5) is 2.48. The summed E-state index contributed by atoms with van der Waals surface area (Å²) in [5.41, 5.74) is 18.4. The summed E-state index contributed by atoms with van der Waals surface area (Å²) < 4.78 is 4.93. The van der Waals surface area contributed by atoms with E-state index in [4.69, 9.17) is 0 Å². The van der Waals surface area contributed by atoms with E-state index in [0.29, 0.717) is 0 Å². The molecule has 3 heteroatoms. The van der Waals surface area contributed by atoms with Gasteiger partial charge in [-0.15, -0.1) is 0 Å². The second-order valence-electron chi connectivity index (χ2n) is 14.2. The second kappa shape index (κ2) is 11.8. The molecule has 0 fully saturated rings. The van der Waals surface area contributed by atoms with Gasteiger partial charge < -0.3 is 14.0 Å². The molecular formula is C48H41N3. The first kappa shape index (κ1) is 31.0. The van der Waals surface area contributed by atoms with E-state index in [1.54, 1.807) is 0 Å². The Bertz CT molecular complexity index is 2690. The summed E-state index contributed by atoms with van der Waals surface area (Å²) in [6, 6.07) is 51.5. The number of para-hydroxylation sites is 3. The summed E-state index contributed by atoms with van der Waals surface area (Å²) in [6.45, 7) is 13.3.